The second kappa shape index (κ2) is 6.71. The molecule has 26 heavy (non-hydrogen) atoms. The maximum absolute atomic E-state index is 13.0. The predicted molar refractivity (Wildman–Crippen MR) is 98.0 cm³/mol. The van der Waals surface area contributed by atoms with E-state index in [0.29, 0.717) is 22.6 Å². The van der Waals surface area contributed by atoms with E-state index < -0.39 is 0 Å². The van der Waals surface area contributed by atoms with E-state index in [-0.39, 0.29) is 24.3 Å². The predicted octanol–water partition coefficient (Wildman–Crippen LogP) is 3.12. The molecule has 1 aromatic rings. The molecule has 1 aliphatic carbocycles. The number of rotatable bonds is 3. The molecule has 2 atom stereocenters. The number of amides is 3. The van der Waals surface area contributed by atoms with Crippen LogP contribution in [0.4, 0.5) is 0 Å². The Morgan fingerprint density at radius 3 is 2.58 bits per heavy atom. The first-order chi connectivity index (χ1) is 12.6. The summed E-state index contributed by atoms with van der Waals surface area (Å²) in [6, 6.07) is 4.88. The zero-order valence-corrected chi connectivity index (χ0v) is 14.9. The first kappa shape index (κ1) is 17.0. The molecule has 3 aliphatic rings. The summed E-state index contributed by atoms with van der Waals surface area (Å²) in [6.45, 7) is 5.37. The van der Waals surface area contributed by atoms with Gasteiger partial charge in [0.2, 0.25) is 0 Å². The van der Waals surface area contributed by atoms with Gasteiger partial charge >= 0.3 is 0 Å². The molecule has 0 spiro atoms. The normalized spacial score (nSPS) is 25.1. The molecule has 3 amide bonds. The highest BCUT2D eigenvalue weighted by molar-refractivity contribution is 6.22. The van der Waals surface area contributed by atoms with E-state index in [0.717, 1.165) is 25.4 Å². The molecular weight excluding hydrogens is 328 g/mol. The second-order valence-electron chi connectivity index (χ2n) is 7.61. The van der Waals surface area contributed by atoms with Gasteiger partial charge in [-0.05, 0) is 42.9 Å². The van der Waals surface area contributed by atoms with Gasteiger partial charge in [0.1, 0.15) is 0 Å². The minimum absolute atomic E-state index is 0.0285. The van der Waals surface area contributed by atoms with E-state index in [2.05, 4.69) is 6.58 Å². The summed E-state index contributed by atoms with van der Waals surface area (Å²) >= 11 is 0. The van der Waals surface area contributed by atoms with E-state index in [1.54, 1.807) is 18.2 Å². The molecule has 1 saturated heterocycles. The van der Waals surface area contributed by atoms with Gasteiger partial charge in [-0.3, -0.25) is 19.3 Å². The largest absolute Gasteiger partial charge is 0.338 e. The van der Waals surface area contributed by atoms with Gasteiger partial charge in [-0.2, -0.15) is 0 Å². The third kappa shape index (κ3) is 2.75. The fraction of sp³-hybridized carbons (Fsp3) is 0.476. The van der Waals surface area contributed by atoms with Crippen molar-refractivity contribution in [2.75, 3.05) is 19.6 Å². The van der Waals surface area contributed by atoms with Crippen LogP contribution in [0.15, 0.2) is 30.9 Å². The third-order valence-electron chi connectivity index (χ3n) is 6.11. The third-order valence-corrected chi connectivity index (χ3v) is 6.11. The van der Waals surface area contributed by atoms with Crippen LogP contribution >= 0.6 is 0 Å². The lowest BCUT2D eigenvalue weighted by Crippen LogP contribution is -2.44. The van der Waals surface area contributed by atoms with Crippen molar-refractivity contribution in [3.05, 3.63) is 47.5 Å². The Morgan fingerprint density at radius 1 is 1.08 bits per heavy atom. The highest BCUT2D eigenvalue weighted by atomic mass is 16.2. The Hall–Kier alpha value is -2.43. The van der Waals surface area contributed by atoms with Crippen LogP contribution in [0.5, 0.6) is 0 Å². The second-order valence-corrected chi connectivity index (χ2v) is 7.61. The first-order valence-corrected chi connectivity index (χ1v) is 9.50. The molecule has 1 saturated carbocycles. The average molecular weight is 352 g/mol. The van der Waals surface area contributed by atoms with Crippen molar-refractivity contribution >= 4 is 17.7 Å². The molecule has 2 fully saturated rings. The first-order valence-electron chi connectivity index (χ1n) is 9.50. The van der Waals surface area contributed by atoms with Gasteiger partial charge in [-0.25, -0.2) is 0 Å². The van der Waals surface area contributed by atoms with Gasteiger partial charge in [0, 0.05) is 25.2 Å². The van der Waals surface area contributed by atoms with Crippen LogP contribution in [0.1, 0.15) is 63.2 Å². The molecule has 4 rings (SSSR count). The highest BCUT2D eigenvalue weighted by Gasteiger charge is 2.37. The number of hydrogen-bond donors (Lipinski definition) is 0. The molecule has 5 heteroatoms. The Kier molecular flexibility index (Phi) is 4.39. The summed E-state index contributed by atoms with van der Waals surface area (Å²) < 4.78 is 0. The number of piperidine rings is 1. The lowest BCUT2D eigenvalue weighted by molar-refractivity contribution is 0.0520. The Bertz CT molecular complexity index is 785. The molecular formula is C21H24N2O3. The van der Waals surface area contributed by atoms with Gasteiger partial charge in [0.25, 0.3) is 17.7 Å². The van der Waals surface area contributed by atoms with Crippen LogP contribution in [0.3, 0.4) is 0 Å². The van der Waals surface area contributed by atoms with Gasteiger partial charge in [0.05, 0.1) is 11.1 Å². The fourth-order valence-corrected chi connectivity index (χ4v) is 4.69. The maximum Gasteiger partial charge on any atom is 0.261 e. The SMILES string of the molecule is C=CCN1C(=O)c2ccc(C(=O)N3CC[C@@H]4CCCC[C@@H]4C3)cc2C1=O. The number of carbonyl (C=O) groups excluding carboxylic acids is 3. The van der Waals surface area contributed by atoms with E-state index in [4.69, 9.17) is 0 Å². The lowest BCUT2D eigenvalue weighted by atomic mass is 9.75. The van der Waals surface area contributed by atoms with Crippen LogP contribution in [-0.2, 0) is 0 Å². The minimum Gasteiger partial charge on any atom is -0.338 e. The smallest absolute Gasteiger partial charge is 0.261 e. The summed E-state index contributed by atoms with van der Waals surface area (Å²) in [4.78, 5) is 40.8. The molecule has 1 aromatic carbocycles. The zero-order valence-electron chi connectivity index (χ0n) is 14.9. The van der Waals surface area contributed by atoms with Crippen molar-refractivity contribution in [3.63, 3.8) is 0 Å². The maximum atomic E-state index is 13.0. The molecule has 0 unspecified atom stereocenters. The highest BCUT2D eigenvalue weighted by Crippen LogP contribution is 2.36. The Labute approximate surface area is 153 Å². The van der Waals surface area contributed by atoms with Gasteiger partial charge in [-0.15, -0.1) is 6.58 Å². The molecule has 5 nitrogen and oxygen atoms in total. The summed E-state index contributed by atoms with van der Waals surface area (Å²) in [5, 5.41) is 0. The number of likely N-dealkylation sites (tertiary alicyclic amines) is 1. The number of carbonyl (C=O) groups is 3. The van der Waals surface area contributed by atoms with Crippen LogP contribution in [0.25, 0.3) is 0 Å². The lowest BCUT2D eigenvalue weighted by Gasteiger charge is -2.41. The quantitative estimate of drug-likeness (QED) is 0.620. The number of hydrogen-bond acceptors (Lipinski definition) is 3. The topological polar surface area (TPSA) is 57.7 Å². The summed E-state index contributed by atoms with van der Waals surface area (Å²) in [7, 11) is 0. The molecule has 2 heterocycles. The van der Waals surface area contributed by atoms with Crippen LogP contribution in [0, 0.1) is 11.8 Å². The summed E-state index contributed by atoms with van der Waals surface area (Å²) in [6.07, 6.45) is 7.69. The van der Waals surface area contributed by atoms with E-state index in [1.807, 2.05) is 4.90 Å². The average Bonchev–Trinajstić information content (AvgIpc) is 2.92. The van der Waals surface area contributed by atoms with E-state index >= 15 is 0 Å². The van der Waals surface area contributed by atoms with Crippen LogP contribution < -0.4 is 0 Å². The molecule has 0 bridgehead atoms. The van der Waals surface area contributed by atoms with Gasteiger partial charge in [0.15, 0.2) is 0 Å². The standard InChI is InChI=1S/C21H24N2O3/c1-2-10-23-20(25)17-8-7-15(12-18(17)21(23)26)19(24)22-11-9-14-5-3-4-6-16(14)13-22/h2,7-8,12,14,16H,1,3-6,9-11,13H2/t14-,16+/m0/s1. The summed E-state index contributed by atoms with van der Waals surface area (Å²) in [5.74, 6) is 0.693. The van der Waals surface area contributed by atoms with Crippen molar-refractivity contribution in [1.82, 2.24) is 9.80 Å². The number of nitrogens with zero attached hydrogens (tertiary/aromatic N) is 2. The number of imide groups is 1. The Balaban J connectivity index is 1.54. The van der Waals surface area contributed by atoms with Crippen molar-refractivity contribution < 1.29 is 14.4 Å². The van der Waals surface area contributed by atoms with Crippen LogP contribution in [0.2, 0.25) is 0 Å². The molecule has 0 radical (unpaired) electrons. The minimum atomic E-state index is -0.342. The van der Waals surface area contributed by atoms with Crippen LogP contribution in [-0.4, -0.2) is 47.2 Å². The van der Waals surface area contributed by atoms with E-state index in [1.165, 1.54) is 36.7 Å². The fourth-order valence-electron chi connectivity index (χ4n) is 4.69. The van der Waals surface area contributed by atoms with Gasteiger partial charge in [-0.1, -0.05) is 25.3 Å². The molecule has 2 aliphatic heterocycles. The molecule has 136 valence electrons. The number of benzene rings is 1. The van der Waals surface area contributed by atoms with Crippen molar-refractivity contribution in [1.29, 1.82) is 0 Å². The number of fused-ring (bicyclic) bond motifs is 2. The van der Waals surface area contributed by atoms with Gasteiger partial charge < -0.3 is 4.90 Å². The molecule has 0 aromatic heterocycles. The zero-order chi connectivity index (χ0) is 18.3. The van der Waals surface area contributed by atoms with Crippen molar-refractivity contribution in [2.45, 2.75) is 32.1 Å². The molecule has 0 N–H and O–H groups in total. The monoisotopic (exact) mass is 352 g/mol. The Morgan fingerprint density at radius 2 is 1.81 bits per heavy atom. The van der Waals surface area contributed by atoms with Crippen molar-refractivity contribution in [3.8, 4) is 0 Å². The van der Waals surface area contributed by atoms with Crippen molar-refractivity contribution in [2.24, 2.45) is 11.8 Å². The van der Waals surface area contributed by atoms with E-state index in [9.17, 15) is 14.4 Å². The summed E-state index contributed by atoms with van der Waals surface area (Å²) in [5.41, 5.74) is 1.20.